The summed E-state index contributed by atoms with van der Waals surface area (Å²) in [4.78, 5) is 13.0. The molecule has 1 aliphatic rings. The summed E-state index contributed by atoms with van der Waals surface area (Å²) in [7, 11) is 1.82. The van der Waals surface area contributed by atoms with Gasteiger partial charge < -0.3 is 10.0 Å². The molecule has 0 aliphatic carbocycles. The van der Waals surface area contributed by atoms with Crippen molar-refractivity contribution in [3.05, 3.63) is 35.4 Å². The van der Waals surface area contributed by atoms with Crippen molar-refractivity contribution in [2.45, 2.75) is 5.92 Å². The number of hydrogen-bond donors (Lipinski definition) is 1. The van der Waals surface area contributed by atoms with Crippen molar-refractivity contribution in [2.24, 2.45) is 5.92 Å². The highest BCUT2D eigenvalue weighted by Gasteiger charge is 2.37. The van der Waals surface area contributed by atoms with Crippen LogP contribution < -0.4 is 0 Å². The Morgan fingerprint density at radius 2 is 2.06 bits per heavy atom. The maximum atomic E-state index is 13.1. The molecule has 0 spiro atoms. The number of carbonyl (C=O) groups is 1. The van der Waals surface area contributed by atoms with Gasteiger partial charge in [0.15, 0.2) is 11.6 Å². The Morgan fingerprint density at radius 1 is 1.35 bits per heavy atom. The summed E-state index contributed by atoms with van der Waals surface area (Å²) in [5.41, 5.74) is 0.542. The topological polar surface area (TPSA) is 40.5 Å². The van der Waals surface area contributed by atoms with Gasteiger partial charge in [-0.25, -0.2) is 8.78 Å². The molecule has 0 radical (unpaired) electrons. The van der Waals surface area contributed by atoms with Crippen LogP contribution in [0, 0.1) is 17.6 Å². The Kier molecular flexibility index (Phi) is 3.11. The van der Waals surface area contributed by atoms with Gasteiger partial charge in [0.2, 0.25) is 0 Å². The molecule has 5 heteroatoms. The lowest BCUT2D eigenvalue weighted by Gasteiger charge is -2.15. The highest BCUT2D eigenvalue weighted by Crippen LogP contribution is 2.32. The number of carboxylic acids is 1. The van der Waals surface area contributed by atoms with Gasteiger partial charge in [-0.1, -0.05) is 6.07 Å². The molecular weight excluding hydrogens is 228 g/mol. The number of nitrogens with zero attached hydrogens (tertiary/aromatic N) is 1. The number of aliphatic carboxylic acids is 1. The Labute approximate surface area is 97.7 Å². The van der Waals surface area contributed by atoms with E-state index in [2.05, 4.69) is 0 Å². The smallest absolute Gasteiger partial charge is 0.308 e. The van der Waals surface area contributed by atoms with Gasteiger partial charge in [0.1, 0.15) is 0 Å². The molecule has 1 N–H and O–H groups in total. The van der Waals surface area contributed by atoms with Gasteiger partial charge >= 0.3 is 5.97 Å². The van der Waals surface area contributed by atoms with E-state index in [1.807, 2.05) is 11.9 Å². The molecule has 0 amide bonds. The Bertz CT molecular complexity index is 450. The van der Waals surface area contributed by atoms with Crippen molar-refractivity contribution in [1.29, 1.82) is 0 Å². The maximum absolute atomic E-state index is 13.1. The van der Waals surface area contributed by atoms with Crippen molar-refractivity contribution in [3.63, 3.8) is 0 Å². The van der Waals surface area contributed by atoms with Crippen LogP contribution in [0.1, 0.15) is 11.5 Å². The Hall–Kier alpha value is -1.49. The van der Waals surface area contributed by atoms with Crippen molar-refractivity contribution in [1.82, 2.24) is 4.90 Å². The molecule has 92 valence electrons. The molecule has 3 nitrogen and oxygen atoms in total. The third kappa shape index (κ3) is 2.29. The summed E-state index contributed by atoms with van der Waals surface area (Å²) in [6.45, 7) is 0.973. The minimum absolute atomic E-state index is 0.285. The summed E-state index contributed by atoms with van der Waals surface area (Å²) in [6, 6.07) is 3.59. The van der Waals surface area contributed by atoms with Crippen LogP contribution in [-0.4, -0.2) is 36.1 Å². The van der Waals surface area contributed by atoms with Crippen LogP contribution in [-0.2, 0) is 4.79 Å². The third-order valence-electron chi connectivity index (χ3n) is 3.19. The molecule has 1 heterocycles. The molecule has 1 saturated heterocycles. The predicted molar refractivity (Wildman–Crippen MR) is 57.7 cm³/mol. The van der Waals surface area contributed by atoms with E-state index < -0.39 is 23.5 Å². The number of benzene rings is 1. The summed E-state index contributed by atoms with van der Waals surface area (Å²) in [5.74, 6) is -3.59. The molecule has 0 aromatic heterocycles. The first kappa shape index (κ1) is 12.0. The van der Waals surface area contributed by atoms with Gasteiger partial charge in [0.25, 0.3) is 0 Å². The quantitative estimate of drug-likeness (QED) is 0.856. The van der Waals surface area contributed by atoms with Crippen molar-refractivity contribution >= 4 is 5.97 Å². The third-order valence-corrected chi connectivity index (χ3v) is 3.19. The van der Waals surface area contributed by atoms with Crippen LogP contribution >= 0.6 is 0 Å². The molecule has 1 fully saturated rings. The van der Waals surface area contributed by atoms with Gasteiger partial charge in [0.05, 0.1) is 5.92 Å². The fourth-order valence-electron chi connectivity index (χ4n) is 2.33. The molecule has 2 unspecified atom stereocenters. The van der Waals surface area contributed by atoms with Crippen LogP contribution in [0.4, 0.5) is 8.78 Å². The van der Waals surface area contributed by atoms with Crippen LogP contribution in [0.3, 0.4) is 0 Å². The number of likely N-dealkylation sites (N-methyl/N-ethyl adjacent to an activating group) is 1. The van der Waals surface area contributed by atoms with Gasteiger partial charge in [-0.3, -0.25) is 4.79 Å². The van der Waals surface area contributed by atoms with Crippen LogP contribution in [0.2, 0.25) is 0 Å². The average Bonchev–Trinajstić information content (AvgIpc) is 2.64. The SMILES string of the molecule is CN1CC(C(=O)O)C(c2ccc(F)c(F)c2)C1. The van der Waals surface area contributed by atoms with E-state index in [-0.39, 0.29) is 5.92 Å². The number of halogens is 2. The van der Waals surface area contributed by atoms with Gasteiger partial charge in [0, 0.05) is 19.0 Å². The van der Waals surface area contributed by atoms with Crippen molar-refractivity contribution in [2.75, 3.05) is 20.1 Å². The molecule has 17 heavy (non-hydrogen) atoms. The van der Waals surface area contributed by atoms with Gasteiger partial charge in [-0.2, -0.15) is 0 Å². The summed E-state index contributed by atoms with van der Waals surface area (Å²) >= 11 is 0. The van der Waals surface area contributed by atoms with E-state index in [1.165, 1.54) is 6.07 Å². The molecule has 2 rings (SSSR count). The molecule has 1 aromatic carbocycles. The normalized spacial score (nSPS) is 25.1. The first-order chi connectivity index (χ1) is 7.99. The van der Waals surface area contributed by atoms with E-state index in [9.17, 15) is 13.6 Å². The zero-order valence-corrected chi connectivity index (χ0v) is 9.36. The molecule has 1 aliphatic heterocycles. The van der Waals surface area contributed by atoms with E-state index in [4.69, 9.17) is 5.11 Å². The summed E-state index contributed by atoms with van der Waals surface area (Å²) in [5, 5.41) is 9.09. The lowest BCUT2D eigenvalue weighted by molar-refractivity contribution is -0.141. The molecule has 2 atom stereocenters. The highest BCUT2D eigenvalue weighted by atomic mass is 19.2. The molecular formula is C12H13F2NO2. The predicted octanol–water partition coefficient (Wildman–Crippen LogP) is 1.69. The number of carboxylic acid groups (broad SMARTS) is 1. The van der Waals surface area contributed by atoms with E-state index in [0.29, 0.717) is 18.7 Å². The summed E-state index contributed by atoms with van der Waals surface area (Å²) < 4.78 is 25.9. The van der Waals surface area contributed by atoms with E-state index >= 15 is 0 Å². The molecule has 1 aromatic rings. The lowest BCUT2D eigenvalue weighted by Crippen LogP contribution is -2.21. The second-order valence-corrected chi connectivity index (χ2v) is 4.45. The molecule has 0 bridgehead atoms. The number of likely N-dealkylation sites (tertiary alicyclic amines) is 1. The van der Waals surface area contributed by atoms with Gasteiger partial charge in [-0.15, -0.1) is 0 Å². The van der Waals surface area contributed by atoms with Crippen molar-refractivity contribution in [3.8, 4) is 0 Å². The first-order valence-corrected chi connectivity index (χ1v) is 5.35. The zero-order chi connectivity index (χ0) is 12.6. The van der Waals surface area contributed by atoms with Crippen LogP contribution in [0.5, 0.6) is 0 Å². The number of hydrogen-bond acceptors (Lipinski definition) is 2. The van der Waals surface area contributed by atoms with Crippen LogP contribution in [0.25, 0.3) is 0 Å². The average molecular weight is 241 g/mol. The maximum Gasteiger partial charge on any atom is 0.308 e. The largest absolute Gasteiger partial charge is 0.481 e. The fraction of sp³-hybridized carbons (Fsp3) is 0.417. The standard InChI is InChI=1S/C12H13F2NO2/c1-15-5-8(9(6-15)12(16)17)7-2-3-10(13)11(14)4-7/h2-4,8-9H,5-6H2,1H3,(H,16,17). The van der Waals surface area contributed by atoms with Crippen LogP contribution in [0.15, 0.2) is 18.2 Å². The zero-order valence-electron chi connectivity index (χ0n) is 9.36. The van der Waals surface area contributed by atoms with E-state index in [0.717, 1.165) is 12.1 Å². The Balaban J connectivity index is 2.31. The second kappa shape index (κ2) is 4.41. The highest BCUT2D eigenvalue weighted by molar-refractivity contribution is 5.72. The minimum atomic E-state index is -0.929. The number of rotatable bonds is 2. The lowest BCUT2D eigenvalue weighted by atomic mass is 9.89. The Morgan fingerprint density at radius 3 is 2.65 bits per heavy atom. The van der Waals surface area contributed by atoms with Crippen molar-refractivity contribution < 1.29 is 18.7 Å². The van der Waals surface area contributed by atoms with E-state index in [1.54, 1.807) is 0 Å². The molecule has 0 saturated carbocycles. The monoisotopic (exact) mass is 241 g/mol. The summed E-state index contributed by atoms with van der Waals surface area (Å²) in [6.07, 6.45) is 0. The first-order valence-electron chi connectivity index (χ1n) is 5.35. The fourth-order valence-corrected chi connectivity index (χ4v) is 2.33. The van der Waals surface area contributed by atoms with Gasteiger partial charge in [-0.05, 0) is 24.7 Å². The minimum Gasteiger partial charge on any atom is -0.481 e. The second-order valence-electron chi connectivity index (χ2n) is 4.45.